The van der Waals surface area contributed by atoms with Gasteiger partial charge in [0.25, 0.3) is 0 Å². The first kappa shape index (κ1) is 25.8. The van der Waals surface area contributed by atoms with E-state index in [0.717, 1.165) is 0 Å². The molecule has 30 heavy (non-hydrogen) atoms. The molecular formula is C20H37N5O5. The van der Waals surface area contributed by atoms with Gasteiger partial charge in [0.05, 0.1) is 6.04 Å². The number of rotatable bonds is 12. The van der Waals surface area contributed by atoms with Crippen LogP contribution in [0.4, 0.5) is 0 Å². The Bertz CT molecular complexity index is 612. The van der Waals surface area contributed by atoms with Crippen molar-refractivity contribution in [1.29, 1.82) is 0 Å². The number of carboxylic acid groups (broad SMARTS) is 1. The van der Waals surface area contributed by atoms with Crippen LogP contribution in [0.25, 0.3) is 0 Å². The smallest absolute Gasteiger partial charge is 0.326 e. The van der Waals surface area contributed by atoms with E-state index in [9.17, 15) is 24.3 Å². The molecule has 172 valence electrons. The maximum Gasteiger partial charge on any atom is 0.326 e. The molecule has 0 spiro atoms. The summed E-state index contributed by atoms with van der Waals surface area (Å²) in [5, 5.41) is 14.8. The Morgan fingerprint density at radius 3 is 2.33 bits per heavy atom. The van der Waals surface area contributed by atoms with E-state index in [2.05, 4.69) is 10.6 Å². The predicted molar refractivity (Wildman–Crippen MR) is 112 cm³/mol. The van der Waals surface area contributed by atoms with Gasteiger partial charge in [0, 0.05) is 6.54 Å². The standard InChI is InChI=1S/C20H37N5O5/c1-4-12(2)16(24-17(26)13(3)22)18(27)23-14(8-5-6-10-21)19(28)25-11-7-9-15(25)20(29)30/h12-16H,4-11,21-22H2,1-3H3,(H,23,27)(H,24,26)(H,29,30). The molecule has 0 aromatic carbocycles. The van der Waals surface area contributed by atoms with Crippen LogP contribution in [0.15, 0.2) is 0 Å². The molecule has 1 rings (SSSR count). The van der Waals surface area contributed by atoms with Crippen molar-refractivity contribution in [3.8, 4) is 0 Å². The molecule has 0 radical (unpaired) electrons. The van der Waals surface area contributed by atoms with Crippen LogP contribution in [0.5, 0.6) is 0 Å². The molecule has 1 fully saturated rings. The fourth-order valence-electron chi connectivity index (χ4n) is 3.49. The molecule has 0 aromatic heterocycles. The highest BCUT2D eigenvalue weighted by Crippen LogP contribution is 2.20. The number of aliphatic carboxylic acids is 1. The monoisotopic (exact) mass is 427 g/mol. The lowest BCUT2D eigenvalue weighted by atomic mass is 9.97. The number of hydrogen-bond donors (Lipinski definition) is 5. The fraction of sp³-hybridized carbons (Fsp3) is 0.800. The summed E-state index contributed by atoms with van der Waals surface area (Å²) in [7, 11) is 0. The van der Waals surface area contributed by atoms with Crippen molar-refractivity contribution in [2.24, 2.45) is 17.4 Å². The first-order valence-corrected chi connectivity index (χ1v) is 10.7. The largest absolute Gasteiger partial charge is 0.480 e. The lowest BCUT2D eigenvalue weighted by Crippen LogP contribution is -2.58. The van der Waals surface area contributed by atoms with Gasteiger partial charge in [-0.1, -0.05) is 20.3 Å². The molecule has 5 unspecified atom stereocenters. The van der Waals surface area contributed by atoms with Crippen molar-refractivity contribution in [1.82, 2.24) is 15.5 Å². The minimum Gasteiger partial charge on any atom is -0.480 e. The second-order valence-corrected chi connectivity index (χ2v) is 8.03. The summed E-state index contributed by atoms with van der Waals surface area (Å²) in [4.78, 5) is 51.0. The number of nitrogens with two attached hydrogens (primary N) is 2. The van der Waals surface area contributed by atoms with E-state index in [0.29, 0.717) is 51.6 Å². The second-order valence-electron chi connectivity index (χ2n) is 8.03. The predicted octanol–water partition coefficient (Wildman–Crippen LogP) is -0.446. The molecule has 5 atom stereocenters. The summed E-state index contributed by atoms with van der Waals surface area (Å²) in [6.07, 6.45) is 3.27. The Kier molecular flexibility index (Phi) is 10.8. The molecule has 1 heterocycles. The molecule has 1 aliphatic rings. The summed E-state index contributed by atoms with van der Waals surface area (Å²) in [5.41, 5.74) is 11.2. The average Bonchev–Trinajstić information content (AvgIpc) is 3.20. The molecule has 10 nitrogen and oxygen atoms in total. The first-order valence-electron chi connectivity index (χ1n) is 10.7. The minimum atomic E-state index is -1.05. The SMILES string of the molecule is CCC(C)C(NC(=O)C(C)N)C(=O)NC(CCCCN)C(=O)N1CCCC1C(=O)O. The van der Waals surface area contributed by atoms with Crippen LogP contribution in [-0.2, 0) is 19.2 Å². The molecule has 1 aliphatic heterocycles. The van der Waals surface area contributed by atoms with Crippen LogP contribution in [0.2, 0.25) is 0 Å². The third kappa shape index (κ3) is 7.24. The van der Waals surface area contributed by atoms with E-state index in [4.69, 9.17) is 11.5 Å². The van der Waals surface area contributed by atoms with Gasteiger partial charge in [0.15, 0.2) is 0 Å². The van der Waals surface area contributed by atoms with E-state index in [1.807, 2.05) is 13.8 Å². The number of carbonyl (C=O) groups excluding carboxylic acids is 3. The molecule has 10 heteroatoms. The van der Waals surface area contributed by atoms with Gasteiger partial charge in [-0.15, -0.1) is 0 Å². The van der Waals surface area contributed by atoms with Gasteiger partial charge in [-0.2, -0.15) is 0 Å². The van der Waals surface area contributed by atoms with Crippen LogP contribution in [0, 0.1) is 5.92 Å². The highest BCUT2D eigenvalue weighted by atomic mass is 16.4. The lowest BCUT2D eigenvalue weighted by Gasteiger charge is -2.30. The quantitative estimate of drug-likeness (QED) is 0.263. The molecule has 3 amide bonds. The van der Waals surface area contributed by atoms with Gasteiger partial charge < -0.3 is 32.1 Å². The number of hydrogen-bond acceptors (Lipinski definition) is 6. The van der Waals surface area contributed by atoms with Gasteiger partial charge in [-0.3, -0.25) is 14.4 Å². The van der Waals surface area contributed by atoms with E-state index < -0.39 is 47.9 Å². The topological polar surface area (TPSA) is 168 Å². The lowest BCUT2D eigenvalue weighted by molar-refractivity contribution is -0.149. The summed E-state index contributed by atoms with van der Waals surface area (Å²) in [6, 6.07) is -3.36. The first-order chi connectivity index (χ1) is 14.1. The van der Waals surface area contributed by atoms with Crippen molar-refractivity contribution in [3.05, 3.63) is 0 Å². The van der Waals surface area contributed by atoms with Crippen LogP contribution in [0.3, 0.4) is 0 Å². The fourth-order valence-corrected chi connectivity index (χ4v) is 3.49. The normalized spacial score (nSPS) is 20.2. The van der Waals surface area contributed by atoms with Crippen molar-refractivity contribution >= 4 is 23.7 Å². The highest BCUT2D eigenvalue weighted by Gasteiger charge is 2.38. The van der Waals surface area contributed by atoms with Crippen LogP contribution in [-0.4, -0.2) is 71.0 Å². The Morgan fingerprint density at radius 2 is 1.80 bits per heavy atom. The van der Waals surface area contributed by atoms with Gasteiger partial charge in [0.1, 0.15) is 18.1 Å². The Morgan fingerprint density at radius 1 is 1.13 bits per heavy atom. The number of carboxylic acids is 1. The molecule has 1 saturated heterocycles. The molecule has 0 aromatic rings. The number of nitrogens with one attached hydrogen (secondary N) is 2. The second kappa shape index (κ2) is 12.5. The van der Waals surface area contributed by atoms with Crippen molar-refractivity contribution < 1.29 is 24.3 Å². The van der Waals surface area contributed by atoms with Gasteiger partial charge in [0.2, 0.25) is 17.7 Å². The number of unbranched alkanes of at least 4 members (excludes halogenated alkanes) is 1. The minimum absolute atomic E-state index is 0.175. The van der Waals surface area contributed by atoms with Crippen LogP contribution < -0.4 is 22.1 Å². The maximum absolute atomic E-state index is 13.1. The maximum atomic E-state index is 13.1. The van der Waals surface area contributed by atoms with Crippen molar-refractivity contribution in [2.45, 2.75) is 83.5 Å². The van der Waals surface area contributed by atoms with Crippen molar-refractivity contribution in [3.63, 3.8) is 0 Å². The molecule has 0 aliphatic carbocycles. The van der Waals surface area contributed by atoms with Crippen LogP contribution in [0.1, 0.15) is 59.3 Å². The van der Waals surface area contributed by atoms with E-state index in [-0.39, 0.29) is 5.92 Å². The zero-order valence-electron chi connectivity index (χ0n) is 18.2. The van der Waals surface area contributed by atoms with Crippen molar-refractivity contribution in [2.75, 3.05) is 13.1 Å². The van der Waals surface area contributed by atoms with Gasteiger partial charge in [-0.25, -0.2) is 4.79 Å². The zero-order valence-corrected chi connectivity index (χ0v) is 18.2. The van der Waals surface area contributed by atoms with Gasteiger partial charge in [-0.05, 0) is 51.5 Å². The number of likely N-dealkylation sites (tertiary alicyclic amines) is 1. The van der Waals surface area contributed by atoms with Gasteiger partial charge >= 0.3 is 5.97 Å². The summed E-state index contributed by atoms with van der Waals surface area (Å²) < 4.78 is 0. The molecule has 7 N–H and O–H groups in total. The molecule has 0 saturated carbocycles. The van der Waals surface area contributed by atoms with E-state index in [1.54, 1.807) is 0 Å². The summed E-state index contributed by atoms with van der Waals surface area (Å²) in [6.45, 7) is 6.05. The highest BCUT2D eigenvalue weighted by molar-refractivity contribution is 5.94. The van der Waals surface area contributed by atoms with E-state index in [1.165, 1.54) is 11.8 Å². The average molecular weight is 428 g/mol. The third-order valence-electron chi connectivity index (χ3n) is 5.59. The number of amides is 3. The molecular weight excluding hydrogens is 390 g/mol. The van der Waals surface area contributed by atoms with Crippen LogP contribution >= 0.6 is 0 Å². The van der Waals surface area contributed by atoms with E-state index >= 15 is 0 Å². The summed E-state index contributed by atoms with van der Waals surface area (Å²) in [5.74, 6) is -2.56. The third-order valence-corrected chi connectivity index (χ3v) is 5.59. The Balaban J connectivity index is 2.99. The number of carbonyl (C=O) groups is 4. The zero-order chi connectivity index (χ0) is 22.8. The molecule has 0 bridgehead atoms. The summed E-state index contributed by atoms with van der Waals surface area (Å²) >= 11 is 0. The Labute approximate surface area is 178 Å². The Hall–Kier alpha value is -2.20. The number of nitrogens with zero attached hydrogens (tertiary/aromatic N) is 1.